The van der Waals surface area contributed by atoms with Gasteiger partial charge in [0.05, 0.1) is 21.2 Å². The minimum atomic E-state index is -3.87. The summed E-state index contributed by atoms with van der Waals surface area (Å²) in [5, 5.41) is 0. The first kappa shape index (κ1) is 22.6. The Labute approximate surface area is 179 Å². The van der Waals surface area contributed by atoms with Crippen LogP contribution in [0.2, 0.25) is 0 Å². The molecule has 0 saturated heterocycles. The van der Waals surface area contributed by atoms with Crippen molar-refractivity contribution < 1.29 is 16.8 Å². The van der Waals surface area contributed by atoms with Gasteiger partial charge in [0, 0.05) is 27.2 Å². The fourth-order valence-electron chi connectivity index (χ4n) is 3.74. The number of sulfonamides is 2. The van der Waals surface area contributed by atoms with Crippen molar-refractivity contribution in [1.29, 1.82) is 0 Å². The van der Waals surface area contributed by atoms with E-state index in [1.807, 2.05) is 19.2 Å². The van der Waals surface area contributed by atoms with Crippen LogP contribution < -0.4 is 9.62 Å². The number of nitrogens with one attached hydrogen (secondary N) is 1. The van der Waals surface area contributed by atoms with Gasteiger partial charge in [0.15, 0.2) is 0 Å². The summed E-state index contributed by atoms with van der Waals surface area (Å²) in [5.74, 6) is 0. The maximum atomic E-state index is 13.0. The van der Waals surface area contributed by atoms with Crippen molar-refractivity contribution in [1.82, 2.24) is 4.31 Å². The zero-order valence-corrected chi connectivity index (χ0v) is 19.2. The van der Waals surface area contributed by atoms with Crippen molar-refractivity contribution in [3.8, 4) is 0 Å². The topological polar surface area (TPSA) is 86.8 Å². The highest BCUT2D eigenvalue weighted by Gasteiger charge is 2.23. The summed E-state index contributed by atoms with van der Waals surface area (Å²) in [7, 11) is -2.62. The molecule has 0 amide bonds. The van der Waals surface area contributed by atoms with Crippen molar-refractivity contribution >= 4 is 31.4 Å². The second-order valence-electron chi connectivity index (χ2n) is 7.78. The van der Waals surface area contributed by atoms with Crippen LogP contribution in [0.3, 0.4) is 0 Å². The number of benzene rings is 2. The Morgan fingerprint density at radius 2 is 1.37 bits per heavy atom. The van der Waals surface area contributed by atoms with Gasteiger partial charge in [-0.3, -0.25) is 4.72 Å². The molecule has 9 heteroatoms. The van der Waals surface area contributed by atoms with Gasteiger partial charge in [0.1, 0.15) is 0 Å². The van der Waals surface area contributed by atoms with Crippen LogP contribution in [0.25, 0.3) is 0 Å². The molecule has 0 aliphatic heterocycles. The molecule has 0 unspecified atom stereocenters. The molecule has 0 radical (unpaired) electrons. The van der Waals surface area contributed by atoms with E-state index in [4.69, 9.17) is 0 Å². The first-order valence-electron chi connectivity index (χ1n) is 10.0. The molecular weight excluding hydrogens is 422 g/mol. The van der Waals surface area contributed by atoms with Crippen LogP contribution in [0.5, 0.6) is 0 Å². The molecule has 1 N–H and O–H groups in total. The number of hydrogen-bond acceptors (Lipinski definition) is 5. The van der Waals surface area contributed by atoms with E-state index in [-0.39, 0.29) is 9.79 Å². The molecule has 0 atom stereocenters. The molecule has 1 aliphatic carbocycles. The van der Waals surface area contributed by atoms with Gasteiger partial charge in [-0.1, -0.05) is 31.4 Å². The lowest BCUT2D eigenvalue weighted by molar-refractivity contribution is 0.428. The van der Waals surface area contributed by atoms with Crippen LogP contribution in [0.1, 0.15) is 32.1 Å². The minimum absolute atomic E-state index is 0.00956. The van der Waals surface area contributed by atoms with Gasteiger partial charge in [0.2, 0.25) is 10.0 Å². The van der Waals surface area contributed by atoms with Crippen molar-refractivity contribution in [2.75, 3.05) is 30.8 Å². The van der Waals surface area contributed by atoms with Crippen molar-refractivity contribution in [3.63, 3.8) is 0 Å². The third kappa shape index (κ3) is 4.79. The second kappa shape index (κ2) is 8.95. The molecule has 7 nitrogen and oxygen atoms in total. The Morgan fingerprint density at radius 3 is 1.97 bits per heavy atom. The van der Waals surface area contributed by atoms with Crippen LogP contribution in [0.15, 0.2) is 58.3 Å². The summed E-state index contributed by atoms with van der Waals surface area (Å²) in [6.45, 7) is 0. The molecule has 1 aliphatic rings. The maximum Gasteiger partial charge on any atom is 0.261 e. The Balaban J connectivity index is 1.86. The van der Waals surface area contributed by atoms with E-state index in [1.165, 1.54) is 57.6 Å². The molecule has 3 rings (SSSR count). The van der Waals surface area contributed by atoms with Gasteiger partial charge in [-0.05, 0) is 49.2 Å². The smallest absolute Gasteiger partial charge is 0.261 e. The molecule has 0 heterocycles. The van der Waals surface area contributed by atoms with Crippen LogP contribution in [0.4, 0.5) is 11.4 Å². The SMILES string of the molecule is CN(c1ccccc1NS(=O)(=O)c1ccc(S(=O)(=O)N(C)C)cc1)C1CCCCC1. The van der Waals surface area contributed by atoms with Crippen LogP contribution >= 0.6 is 0 Å². The molecular formula is C21H29N3O4S2. The Hall–Kier alpha value is -2.10. The fourth-order valence-corrected chi connectivity index (χ4v) is 5.71. The van der Waals surface area contributed by atoms with Gasteiger partial charge in [-0.25, -0.2) is 21.1 Å². The molecule has 1 saturated carbocycles. The number of anilines is 2. The predicted molar refractivity (Wildman–Crippen MR) is 120 cm³/mol. The van der Waals surface area contributed by atoms with Crippen LogP contribution in [-0.2, 0) is 20.0 Å². The van der Waals surface area contributed by atoms with Gasteiger partial charge in [-0.2, -0.15) is 0 Å². The van der Waals surface area contributed by atoms with E-state index < -0.39 is 20.0 Å². The zero-order chi connectivity index (χ0) is 21.9. The number of nitrogens with zero attached hydrogens (tertiary/aromatic N) is 2. The first-order chi connectivity index (χ1) is 14.1. The first-order valence-corrected chi connectivity index (χ1v) is 12.9. The lowest BCUT2D eigenvalue weighted by atomic mass is 9.94. The summed E-state index contributed by atoms with van der Waals surface area (Å²) in [5.41, 5.74) is 1.34. The molecule has 0 spiro atoms. The summed E-state index contributed by atoms with van der Waals surface area (Å²) >= 11 is 0. The minimum Gasteiger partial charge on any atom is -0.370 e. The quantitative estimate of drug-likeness (QED) is 0.696. The number of hydrogen-bond donors (Lipinski definition) is 1. The van der Waals surface area contributed by atoms with Crippen LogP contribution in [0, 0.1) is 0 Å². The van der Waals surface area contributed by atoms with Crippen LogP contribution in [-0.4, -0.2) is 48.3 Å². The van der Waals surface area contributed by atoms with Gasteiger partial charge in [-0.15, -0.1) is 0 Å². The lowest BCUT2D eigenvalue weighted by Gasteiger charge is -2.34. The third-order valence-electron chi connectivity index (χ3n) is 5.56. The highest BCUT2D eigenvalue weighted by molar-refractivity contribution is 7.92. The molecule has 30 heavy (non-hydrogen) atoms. The molecule has 0 bridgehead atoms. The highest BCUT2D eigenvalue weighted by Crippen LogP contribution is 2.32. The average Bonchev–Trinajstić information content (AvgIpc) is 2.74. The number of para-hydroxylation sites is 2. The van der Waals surface area contributed by atoms with E-state index in [9.17, 15) is 16.8 Å². The van der Waals surface area contributed by atoms with Crippen molar-refractivity contribution in [2.45, 2.75) is 47.9 Å². The Morgan fingerprint density at radius 1 is 0.800 bits per heavy atom. The largest absolute Gasteiger partial charge is 0.370 e. The Bertz CT molecular complexity index is 1080. The Kier molecular flexibility index (Phi) is 6.74. The normalized spacial score (nSPS) is 15.9. The lowest BCUT2D eigenvalue weighted by Crippen LogP contribution is -2.34. The molecule has 2 aromatic rings. The summed E-state index contributed by atoms with van der Waals surface area (Å²) < 4.78 is 54.1. The maximum absolute atomic E-state index is 13.0. The zero-order valence-electron chi connectivity index (χ0n) is 17.6. The second-order valence-corrected chi connectivity index (χ2v) is 11.6. The van der Waals surface area contributed by atoms with E-state index in [0.717, 1.165) is 22.8 Å². The highest BCUT2D eigenvalue weighted by atomic mass is 32.2. The van der Waals surface area contributed by atoms with Crippen molar-refractivity contribution in [3.05, 3.63) is 48.5 Å². The standard InChI is InChI=1S/C21H29N3O4S2/c1-23(2)30(27,28)19-15-13-18(14-16-19)29(25,26)22-20-11-7-8-12-21(20)24(3)17-9-5-4-6-10-17/h7-8,11-17,22H,4-6,9-10H2,1-3H3. The molecule has 2 aromatic carbocycles. The van der Waals surface area contributed by atoms with E-state index >= 15 is 0 Å². The van der Waals surface area contributed by atoms with Gasteiger partial charge in [0.25, 0.3) is 10.0 Å². The van der Waals surface area contributed by atoms with Gasteiger partial charge >= 0.3 is 0 Å². The van der Waals surface area contributed by atoms with E-state index in [0.29, 0.717) is 11.7 Å². The van der Waals surface area contributed by atoms with E-state index in [2.05, 4.69) is 9.62 Å². The summed E-state index contributed by atoms with van der Waals surface area (Å²) in [6, 6.07) is 13.0. The molecule has 164 valence electrons. The van der Waals surface area contributed by atoms with E-state index in [1.54, 1.807) is 12.1 Å². The summed E-state index contributed by atoms with van der Waals surface area (Å²) in [4.78, 5) is 2.21. The predicted octanol–water partition coefficient (Wildman–Crippen LogP) is 3.51. The van der Waals surface area contributed by atoms with Gasteiger partial charge < -0.3 is 4.90 Å². The average molecular weight is 452 g/mol. The summed E-state index contributed by atoms with van der Waals surface area (Å²) in [6.07, 6.45) is 5.81. The third-order valence-corrected chi connectivity index (χ3v) is 8.77. The fraction of sp³-hybridized carbons (Fsp3) is 0.429. The molecule has 0 aromatic heterocycles. The molecule has 1 fully saturated rings. The monoisotopic (exact) mass is 451 g/mol. The number of rotatable bonds is 7. The van der Waals surface area contributed by atoms with Crippen molar-refractivity contribution in [2.24, 2.45) is 0 Å².